The minimum Gasteiger partial charge on any atom is -0.463 e. The number of hydrogen-bond acceptors (Lipinski definition) is 5. The van der Waals surface area contributed by atoms with Crippen molar-refractivity contribution >= 4 is 27.9 Å². The number of esters is 2. The van der Waals surface area contributed by atoms with Crippen LogP contribution in [0.25, 0.3) is 0 Å². The van der Waals surface area contributed by atoms with E-state index in [9.17, 15) is 14.0 Å². The average Bonchev–Trinajstić information content (AvgIpc) is 2.95. The molecule has 7 heteroatoms. The molecule has 0 unspecified atom stereocenters. The van der Waals surface area contributed by atoms with Gasteiger partial charge in [0.05, 0.1) is 12.7 Å². The summed E-state index contributed by atoms with van der Waals surface area (Å²) in [6.07, 6.45) is 0. The van der Waals surface area contributed by atoms with E-state index < -0.39 is 17.8 Å². The first-order valence-electron chi connectivity index (χ1n) is 5.80. The number of rotatable bonds is 4. The average molecular weight is 357 g/mol. The van der Waals surface area contributed by atoms with Crippen LogP contribution in [0, 0.1) is 5.82 Å². The second-order valence-electron chi connectivity index (χ2n) is 3.96. The first-order valence-corrected chi connectivity index (χ1v) is 6.59. The number of carbonyl (C=O) groups excluding carboxylic acids is 2. The van der Waals surface area contributed by atoms with Crippen molar-refractivity contribution in [2.75, 3.05) is 7.11 Å². The van der Waals surface area contributed by atoms with Gasteiger partial charge < -0.3 is 13.9 Å². The van der Waals surface area contributed by atoms with E-state index in [-0.39, 0.29) is 23.7 Å². The van der Waals surface area contributed by atoms with Crippen molar-refractivity contribution in [3.63, 3.8) is 0 Å². The van der Waals surface area contributed by atoms with E-state index >= 15 is 0 Å². The Morgan fingerprint density at radius 2 is 2.00 bits per heavy atom. The summed E-state index contributed by atoms with van der Waals surface area (Å²) in [5, 5.41) is 0. The first kappa shape index (κ1) is 15.2. The van der Waals surface area contributed by atoms with Crippen molar-refractivity contribution in [1.82, 2.24) is 0 Å². The van der Waals surface area contributed by atoms with E-state index in [1.807, 2.05) is 0 Å². The molecule has 0 bridgehead atoms. The molecule has 0 saturated heterocycles. The highest BCUT2D eigenvalue weighted by Gasteiger charge is 2.15. The minimum atomic E-state index is -0.711. The van der Waals surface area contributed by atoms with Gasteiger partial charge in [0.2, 0.25) is 5.76 Å². The Morgan fingerprint density at radius 1 is 1.24 bits per heavy atom. The van der Waals surface area contributed by atoms with Crippen molar-refractivity contribution in [2.24, 2.45) is 0 Å². The van der Waals surface area contributed by atoms with E-state index in [1.165, 1.54) is 31.4 Å². The summed E-state index contributed by atoms with van der Waals surface area (Å²) < 4.78 is 28.1. The Kier molecular flexibility index (Phi) is 4.74. The van der Waals surface area contributed by atoms with Crippen LogP contribution in [0.2, 0.25) is 0 Å². The molecule has 21 heavy (non-hydrogen) atoms. The lowest BCUT2D eigenvalue weighted by Crippen LogP contribution is -2.06. The Morgan fingerprint density at radius 3 is 2.71 bits per heavy atom. The molecule has 2 aromatic rings. The SMILES string of the molecule is COC(=O)c1ccc(COC(=O)c2cc(F)ccc2Br)o1. The van der Waals surface area contributed by atoms with Crippen LogP contribution in [0.4, 0.5) is 4.39 Å². The predicted octanol–water partition coefficient (Wildman–Crippen LogP) is 3.32. The fraction of sp³-hybridized carbons (Fsp3) is 0.143. The fourth-order valence-corrected chi connectivity index (χ4v) is 1.94. The molecule has 0 aliphatic carbocycles. The number of methoxy groups -OCH3 is 1. The van der Waals surface area contributed by atoms with E-state index in [0.29, 0.717) is 4.47 Å². The standard InChI is InChI=1S/C14H10BrFO5/c1-19-14(18)12-5-3-9(21-12)7-20-13(17)10-6-8(16)2-4-11(10)15/h2-6H,7H2,1H3. The number of carbonyl (C=O) groups is 2. The van der Waals surface area contributed by atoms with Crippen molar-refractivity contribution in [2.45, 2.75) is 6.61 Å². The molecule has 0 aliphatic rings. The summed E-state index contributed by atoms with van der Waals surface area (Å²) in [6, 6.07) is 6.59. The Bertz CT molecular complexity index is 680. The topological polar surface area (TPSA) is 65.7 Å². The maximum absolute atomic E-state index is 13.1. The second kappa shape index (κ2) is 6.53. The van der Waals surface area contributed by atoms with Gasteiger partial charge in [0, 0.05) is 4.47 Å². The van der Waals surface area contributed by atoms with E-state index in [0.717, 1.165) is 6.07 Å². The van der Waals surface area contributed by atoms with E-state index in [4.69, 9.17) is 9.15 Å². The molecular weight excluding hydrogens is 347 g/mol. The number of hydrogen-bond donors (Lipinski definition) is 0. The van der Waals surface area contributed by atoms with Gasteiger partial charge in [0.15, 0.2) is 0 Å². The van der Waals surface area contributed by atoms with E-state index in [1.54, 1.807) is 0 Å². The van der Waals surface area contributed by atoms with Crippen LogP contribution in [0.3, 0.4) is 0 Å². The van der Waals surface area contributed by atoms with Crippen molar-refractivity contribution in [1.29, 1.82) is 0 Å². The minimum absolute atomic E-state index is 0.00971. The van der Waals surface area contributed by atoms with Crippen molar-refractivity contribution < 1.29 is 27.9 Å². The Labute approximate surface area is 127 Å². The molecule has 0 spiro atoms. The molecule has 0 aliphatic heterocycles. The summed E-state index contributed by atoms with van der Waals surface area (Å²) in [5.74, 6) is -1.60. The highest BCUT2D eigenvalue weighted by atomic mass is 79.9. The Balaban J connectivity index is 2.02. The van der Waals surface area contributed by atoms with Gasteiger partial charge in [-0.1, -0.05) is 0 Å². The highest BCUT2D eigenvalue weighted by Crippen LogP contribution is 2.19. The number of furan rings is 1. The van der Waals surface area contributed by atoms with Gasteiger partial charge in [0.25, 0.3) is 0 Å². The summed E-state index contributed by atoms with van der Waals surface area (Å²) in [5.41, 5.74) is 0.0646. The lowest BCUT2D eigenvalue weighted by Gasteiger charge is -2.05. The molecule has 110 valence electrons. The Hall–Kier alpha value is -2.15. The molecule has 0 radical (unpaired) electrons. The predicted molar refractivity (Wildman–Crippen MR) is 73.3 cm³/mol. The molecule has 0 N–H and O–H groups in total. The van der Waals surface area contributed by atoms with Gasteiger partial charge >= 0.3 is 11.9 Å². The van der Waals surface area contributed by atoms with Crippen LogP contribution in [0.5, 0.6) is 0 Å². The third kappa shape index (κ3) is 3.69. The molecule has 0 atom stereocenters. The van der Waals surface area contributed by atoms with Crippen LogP contribution in [0.1, 0.15) is 26.7 Å². The summed E-state index contributed by atoms with van der Waals surface area (Å²) in [6.45, 7) is -0.182. The summed E-state index contributed by atoms with van der Waals surface area (Å²) >= 11 is 3.14. The molecule has 1 aromatic heterocycles. The molecule has 1 heterocycles. The van der Waals surface area contributed by atoms with Crippen LogP contribution in [-0.2, 0) is 16.1 Å². The molecule has 0 fully saturated rings. The molecule has 1 aromatic carbocycles. The van der Waals surface area contributed by atoms with Gasteiger partial charge in [-0.3, -0.25) is 0 Å². The van der Waals surface area contributed by atoms with Gasteiger partial charge in [-0.25, -0.2) is 14.0 Å². The van der Waals surface area contributed by atoms with Gasteiger partial charge in [-0.05, 0) is 46.3 Å². The lowest BCUT2D eigenvalue weighted by molar-refractivity contribution is 0.0437. The van der Waals surface area contributed by atoms with Crippen molar-refractivity contribution in [3.8, 4) is 0 Å². The van der Waals surface area contributed by atoms with Gasteiger partial charge in [-0.15, -0.1) is 0 Å². The summed E-state index contributed by atoms with van der Waals surface area (Å²) in [7, 11) is 1.23. The third-order valence-corrected chi connectivity index (χ3v) is 3.23. The van der Waals surface area contributed by atoms with Crippen molar-refractivity contribution in [3.05, 3.63) is 57.7 Å². The largest absolute Gasteiger partial charge is 0.463 e. The normalized spacial score (nSPS) is 10.2. The number of halogens is 2. The van der Waals surface area contributed by atoms with E-state index in [2.05, 4.69) is 20.7 Å². The monoisotopic (exact) mass is 356 g/mol. The van der Waals surface area contributed by atoms with Gasteiger partial charge in [0.1, 0.15) is 18.2 Å². The molecule has 2 rings (SSSR count). The van der Waals surface area contributed by atoms with Gasteiger partial charge in [-0.2, -0.15) is 0 Å². The summed E-state index contributed by atoms with van der Waals surface area (Å²) in [4.78, 5) is 23.0. The molecule has 0 amide bonds. The zero-order valence-electron chi connectivity index (χ0n) is 10.9. The maximum atomic E-state index is 13.1. The van der Waals surface area contributed by atoms with Crippen LogP contribution < -0.4 is 0 Å². The van der Waals surface area contributed by atoms with Crippen LogP contribution in [0.15, 0.2) is 39.2 Å². The van der Waals surface area contributed by atoms with Crippen LogP contribution >= 0.6 is 15.9 Å². The zero-order chi connectivity index (χ0) is 15.4. The maximum Gasteiger partial charge on any atom is 0.373 e. The quantitative estimate of drug-likeness (QED) is 0.786. The van der Waals surface area contributed by atoms with Crippen LogP contribution in [-0.4, -0.2) is 19.0 Å². The number of ether oxygens (including phenoxy) is 2. The second-order valence-corrected chi connectivity index (χ2v) is 4.81. The third-order valence-electron chi connectivity index (χ3n) is 2.54. The number of benzene rings is 1. The lowest BCUT2D eigenvalue weighted by atomic mass is 10.2. The zero-order valence-corrected chi connectivity index (χ0v) is 12.5. The fourth-order valence-electron chi connectivity index (χ4n) is 1.53. The molecule has 0 saturated carbocycles. The smallest absolute Gasteiger partial charge is 0.373 e. The molecular formula is C14H10BrFO5. The molecule has 5 nitrogen and oxygen atoms in total. The first-order chi connectivity index (χ1) is 10.0. The highest BCUT2D eigenvalue weighted by molar-refractivity contribution is 9.10.